The SMILES string of the molecule is Cc1cc(C)n(CCCCC2CCOCC2)n1. The van der Waals surface area contributed by atoms with E-state index in [4.69, 9.17) is 4.74 Å². The summed E-state index contributed by atoms with van der Waals surface area (Å²) in [5, 5.41) is 4.49. The highest BCUT2D eigenvalue weighted by molar-refractivity contribution is 5.06. The van der Waals surface area contributed by atoms with Crippen molar-refractivity contribution in [1.29, 1.82) is 0 Å². The second-order valence-electron chi connectivity index (χ2n) is 5.20. The van der Waals surface area contributed by atoms with Gasteiger partial charge in [-0.25, -0.2) is 0 Å². The van der Waals surface area contributed by atoms with E-state index in [0.717, 1.165) is 31.4 Å². The Morgan fingerprint density at radius 1 is 1.29 bits per heavy atom. The summed E-state index contributed by atoms with van der Waals surface area (Å²) in [6.07, 6.45) is 6.46. The van der Waals surface area contributed by atoms with Gasteiger partial charge in [0, 0.05) is 25.5 Å². The predicted octanol–water partition coefficient (Wildman–Crippen LogP) is 3.10. The van der Waals surface area contributed by atoms with Crippen LogP contribution in [0.5, 0.6) is 0 Å². The third kappa shape index (κ3) is 3.84. The molecule has 1 saturated heterocycles. The van der Waals surface area contributed by atoms with Crippen LogP contribution in [0.4, 0.5) is 0 Å². The Bertz CT molecular complexity index is 340. The summed E-state index contributed by atoms with van der Waals surface area (Å²) >= 11 is 0. The Morgan fingerprint density at radius 3 is 2.71 bits per heavy atom. The number of nitrogens with zero attached hydrogens (tertiary/aromatic N) is 2. The monoisotopic (exact) mass is 236 g/mol. The van der Waals surface area contributed by atoms with Gasteiger partial charge in [-0.2, -0.15) is 5.10 Å². The van der Waals surface area contributed by atoms with Gasteiger partial charge in [0.2, 0.25) is 0 Å². The maximum absolute atomic E-state index is 5.38. The summed E-state index contributed by atoms with van der Waals surface area (Å²) in [6, 6.07) is 2.15. The predicted molar refractivity (Wildman–Crippen MR) is 69.1 cm³/mol. The topological polar surface area (TPSA) is 27.1 Å². The highest BCUT2D eigenvalue weighted by atomic mass is 16.5. The van der Waals surface area contributed by atoms with Crippen LogP contribution in [0, 0.1) is 19.8 Å². The first-order chi connectivity index (χ1) is 8.25. The second-order valence-corrected chi connectivity index (χ2v) is 5.20. The number of aryl methyl sites for hydroxylation is 3. The molecule has 3 nitrogen and oxygen atoms in total. The molecule has 0 aliphatic carbocycles. The minimum absolute atomic E-state index is 0.907. The minimum atomic E-state index is 0.907. The number of hydrogen-bond donors (Lipinski definition) is 0. The van der Waals surface area contributed by atoms with Crippen LogP contribution >= 0.6 is 0 Å². The average molecular weight is 236 g/mol. The lowest BCUT2D eigenvalue weighted by molar-refractivity contribution is 0.0630. The third-order valence-electron chi connectivity index (χ3n) is 3.68. The summed E-state index contributed by atoms with van der Waals surface area (Å²) in [7, 11) is 0. The van der Waals surface area contributed by atoms with Crippen LogP contribution in [0.25, 0.3) is 0 Å². The maximum atomic E-state index is 5.38. The molecule has 17 heavy (non-hydrogen) atoms. The van der Waals surface area contributed by atoms with Crippen LogP contribution in [-0.2, 0) is 11.3 Å². The Hall–Kier alpha value is -0.830. The molecule has 2 heterocycles. The van der Waals surface area contributed by atoms with Crippen LogP contribution in [0.15, 0.2) is 6.07 Å². The quantitative estimate of drug-likeness (QED) is 0.735. The molecule has 0 aromatic carbocycles. The van der Waals surface area contributed by atoms with E-state index in [-0.39, 0.29) is 0 Å². The molecule has 0 unspecified atom stereocenters. The normalized spacial score (nSPS) is 17.5. The van der Waals surface area contributed by atoms with Gasteiger partial charge in [0.05, 0.1) is 5.69 Å². The number of unbranched alkanes of at least 4 members (excludes halogenated alkanes) is 1. The molecule has 1 aromatic heterocycles. The van der Waals surface area contributed by atoms with Gasteiger partial charge >= 0.3 is 0 Å². The van der Waals surface area contributed by atoms with Crippen molar-refractivity contribution in [3.63, 3.8) is 0 Å². The Kier molecular flexibility index (Phi) is 4.60. The van der Waals surface area contributed by atoms with Crippen LogP contribution in [-0.4, -0.2) is 23.0 Å². The molecule has 0 bridgehead atoms. The largest absolute Gasteiger partial charge is 0.381 e. The Morgan fingerprint density at radius 2 is 2.06 bits per heavy atom. The van der Waals surface area contributed by atoms with E-state index in [2.05, 4.69) is 29.7 Å². The van der Waals surface area contributed by atoms with E-state index in [1.165, 1.54) is 37.8 Å². The zero-order chi connectivity index (χ0) is 12.1. The van der Waals surface area contributed by atoms with Gasteiger partial charge in [-0.15, -0.1) is 0 Å². The van der Waals surface area contributed by atoms with Crippen molar-refractivity contribution in [3.05, 3.63) is 17.5 Å². The average Bonchev–Trinajstić information content (AvgIpc) is 2.65. The lowest BCUT2D eigenvalue weighted by Crippen LogP contribution is -2.15. The summed E-state index contributed by atoms with van der Waals surface area (Å²) in [4.78, 5) is 0. The molecule has 1 fully saturated rings. The number of rotatable bonds is 5. The van der Waals surface area contributed by atoms with E-state index in [9.17, 15) is 0 Å². The van der Waals surface area contributed by atoms with E-state index in [1.54, 1.807) is 0 Å². The van der Waals surface area contributed by atoms with E-state index >= 15 is 0 Å². The van der Waals surface area contributed by atoms with Gasteiger partial charge in [0.25, 0.3) is 0 Å². The van der Waals surface area contributed by atoms with Crippen molar-refractivity contribution < 1.29 is 4.74 Å². The lowest BCUT2D eigenvalue weighted by Gasteiger charge is -2.21. The molecule has 0 radical (unpaired) electrons. The van der Waals surface area contributed by atoms with Crippen LogP contribution in [0.3, 0.4) is 0 Å². The molecule has 96 valence electrons. The summed E-state index contributed by atoms with van der Waals surface area (Å²) < 4.78 is 7.52. The van der Waals surface area contributed by atoms with Crippen LogP contribution in [0.1, 0.15) is 43.5 Å². The fraction of sp³-hybridized carbons (Fsp3) is 0.786. The molecule has 0 N–H and O–H groups in total. The molecule has 0 saturated carbocycles. The molecule has 3 heteroatoms. The molecule has 0 atom stereocenters. The molecule has 0 amide bonds. The zero-order valence-electron chi connectivity index (χ0n) is 11.1. The molecular formula is C14H24N2O. The van der Waals surface area contributed by atoms with Gasteiger partial charge < -0.3 is 4.74 Å². The van der Waals surface area contributed by atoms with Gasteiger partial charge in [-0.1, -0.05) is 12.8 Å². The number of aromatic nitrogens is 2. The third-order valence-corrected chi connectivity index (χ3v) is 3.68. The Labute approximate surface area is 104 Å². The Balaban J connectivity index is 1.64. The maximum Gasteiger partial charge on any atom is 0.0596 e. The van der Waals surface area contributed by atoms with Crippen molar-refractivity contribution in [3.8, 4) is 0 Å². The van der Waals surface area contributed by atoms with E-state index in [1.807, 2.05) is 0 Å². The lowest BCUT2D eigenvalue weighted by atomic mass is 9.94. The van der Waals surface area contributed by atoms with Crippen molar-refractivity contribution in [1.82, 2.24) is 9.78 Å². The highest BCUT2D eigenvalue weighted by Gasteiger charge is 2.12. The smallest absolute Gasteiger partial charge is 0.0596 e. The molecule has 2 rings (SSSR count). The molecule has 1 aliphatic heterocycles. The standard InChI is InChI=1S/C14H24N2O/c1-12-11-13(2)16(15-12)8-4-3-5-14-6-9-17-10-7-14/h11,14H,3-10H2,1-2H3. The van der Waals surface area contributed by atoms with Crippen molar-refractivity contribution in [2.75, 3.05) is 13.2 Å². The fourth-order valence-electron chi connectivity index (χ4n) is 2.63. The van der Waals surface area contributed by atoms with Gasteiger partial charge in [-0.3, -0.25) is 4.68 Å². The van der Waals surface area contributed by atoms with Crippen LogP contribution < -0.4 is 0 Å². The van der Waals surface area contributed by atoms with Gasteiger partial charge in [0.15, 0.2) is 0 Å². The summed E-state index contributed by atoms with van der Waals surface area (Å²) in [5.74, 6) is 0.907. The first-order valence-corrected chi connectivity index (χ1v) is 6.84. The van der Waals surface area contributed by atoms with Crippen molar-refractivity contribution >= 4 is 0 Å². The first kappa shape index (κ1) is 12.6. The first-order valence-electron chi connectivity index (χ1n) is 6.84. The molecule has 1 aliphatic rings. The molecular weight excluding hydrogens is 212 g/mol. The summed E-state index contributed by atoms with van der Waals surface area (Å²) in [6.45, 7) is 7.22. The van der Waals surface area contributed by atoms with Crippen molar-refractivity contribution in [2.24, 2.45) is 5.92 Å². The van der Waals surface area contributed by atoms with Gasteiger partial charge in [0.1, 0.15) is 0 Å². The fourth-order valence-corrected chi connectivity index (χ4v) is 2.63. The van der Waals surface area contributed by atoms with Crippen LogP contribution in [0.2, 0.25) is 0 Å². The number of hydrogen-bond acceptors (Lipinski definition) is 2. The minimum Gasteiger partial charge on any atom is -0.381 e. The molecule has 0 spiro atoms. The molecule has 1 aromatic rings. The number of ether oxygens (including phenoxy) is 1. The highest BCUT2D eigenvalue weighted by Crippen LogP contribution is 2.21. The van der Waals surface area contributed by atoms with E-state index < -0.39 is 0 Å². The van der Waals surface area contributed by atoms with Gasteiger partial charge in [-0.05, 0) is 45.1 Å². The summed E-state index contributed by atoms with van der Waals surface area (Å²) in [5.41, 5.74) is 2.42. The second kappa shape index (κ2) is 6.20. The van der Waals surface area contributed by atoms with E-state index in [0.29, 0.717) is 0 Å². The van der Waals surface area contributed by atoms with Crippen molar-refractivity contribution in [2.45, 2.75) is 52.5 Å². The zero-order valence-corrected chi connectivity index (χ0v) is 11.1.